The molecular weight excluding hydrogens is 975 g/mol. The van der Waals surface area contributed by atoms with E-state index < -0.39 is 36.5 Å². The Bertz CT molecular complexity index is 2720. The summed E-state index contributed by atoms with van der Waals surface area (Å²) in [5, 5.41) is 45.1. The van der Waals surface area contributed by atoms with Gasteiger partial charge >= 0.3 is 30.4 Å². The lowest BCUT2D eigenvalue weighted by Crippen LogP contribution is -2.40. The first-order valence-electron chi connectivity index (χ1n) is 22.7. The van der Waals surface area contributed by atoms with Crippen molar-refractivity contribution in [2.24, 2.45) is 0 Å². The summed E-state index contributed by atoms with van der Waals surface area (Å²) in [6.45, 7) is 7.20. The number of para-hydroxylation sites is 1. The lowest BCUT2D eigenvalue weighted by Gasteiger charge is -2.31. The maximum Gasteiger partial charge on any atom is 0.490 e. The summed E-state index contributed by atoms with van der Waals surface area (Å²) in [6.07, 6.45) is -9.13. The summed E-state index contributed by atoms with van der Waals surface area (Å²) in [7, 11) is 1.77. The number of hydrogen-bond donors (Lipinski definition) is 8. The number of hydrogen-bond acceptors (Lipinski definition) is 11. The quantitative estimate of drug-likeness (QED) is 0.0439. The number of aliphatic carboxylic acids is 2. The number of amides is 3. The number of aromatic amines is 1. The lowest BCUT2D eigenvalue weighted by molar-refractivity contribution is -0.193. The van der Waals surface area contributed by atoms with Gasteiger partial charge in [-0.3, -0.25) is 19.7 Å². The third-order valence-electron chi connectivity index (χ3n) is 11.4. The van der Waals surface area contributed by atoms with Crippen LogP contribution < -0.4 is 21.5 Å². The number of carboxylic acids is 2. The Kier molecular flexibility index (Phi) is 21.3. The van der Waals surface area contributed by atoms with Crippen molar-refractivity contribution in [1.82, 2.24) is 20.1 Å². The van der Waals surface area contributed by atoms with Gasteiger partial charge in [0.2, 0.25) is 17.4 Å². The van der Waals surface area contributed by atoms with E-state index in [0.29, 0.717) is 62.0 Å². The van der Waals surface area contributed by atoms with Gasteiger partial charge in [0.1, 0.15) is 11.9 Å². The van der Waals surface area contributed by atoms with E-state index in [1.807, 2.05) is 80.6 Å². The number of H-pyrrole nitrogens is 1. The molecule has 0 saturated carbocycles. The van der Waals surface area contributed by atoms with Crippen LogP contribution in [0.15, 0.2) is 95.8 Å². The molecule has 3 amide bonds. The molecule has 23 heteroatoms. The molecule has 394 valence electrons. The van der Waals surface area contributed by atoms with Crippen LogP contribution in [0.25, 0.3) is 22.0 Å². The number of fused-ring (bicyclic) bond motifs is 1. The van der Waals surface area contributed by atoms with Gasteiger partial charge < -0.3 is 50.6 Å². The number of ether oxygens (including phenoxy) is 1. The Morgan fingerprint density at radius 1 is 0.808 bits per heavy atom. The molecular formula is C50H56F6N6O11. The number of likely N-dealkylation sites (tertiary alicyclic amines) is 1. The highest BCUT2D eigenvalue weighted by Crippen LogP contribution is 2.30. The van der Waals surface area contributed by atoms with Gasteiger partial charge in [-0.05, 0) is 85.2 Å². The molecule has 8 N–H and O–H groups in total. The number of carboxylic acid groups (broad SMARTS) is 2. The minimum absolute atomic E-state index is 0.0242. The van der Waals surface area contributed by atoms with E-state index in [9.17, 15) is 55.7 Å². The first-order chi connectivity index (χ1) is 34.3. The molecule has 4 aromatic carbocycles. The third-order valence-corrected chi connectivity index (χ3v) is 11.4. The van der Waals surface area contributed by atoms with Gasteiger partial charge in [0.25, 0.3) is 0 Å². The molecule has 5 aromatic rings. The number of pyridine rings is 1. The number of aromatic nitrogens is 1. The second kappa shape index (κ2) is 26.8. The van der Waals surface area contributed by atoms with Crippen molar-refractivity contribution in [3.63, 3.8) is 0 Å². The fraction of sp³-hybridized carbons (Fsp3) is 0.360. The number of carbonyl (C=O) groups is 5. The van der Waals surface area contributed by atoms with Crippen molar-refractivity contribution in [3.05, 3.63) is 124 Å². The monoisotopic (exact) mass is 1030 g/mol. The number of aliphatic hydroxyl groups excluding tert-OH is 1. The van der Waals surface area contributed by atoms with Crippen LogP contribution in [0.4, 0.5) is 42.5 Å². The number of nitrogens with zero attached hydrogens (tertiary/aromatic N) is 2. The number of rotatable bonds is 16. The maximum absolute atomic E-state index is 12.9. The molecule has 1 saturated heterocycles. The minimum Gasteiger partial charge on any atom is -0.506 e. The van der Waals surface area contributed by atoms with Gasteiger partial charge in [-0.2, -0.15) is 26.3 Å². The second-order valence-corrected chi connectivity index (χ2v) is 16.8. The Labute approximate surface area is 414 Å². The lowest BCUT2D eigenvalue weighted by atomic mass is 10.0. The van der Waals surface area contributed by atoms with Crippen LogP contribution in [-0.4, -0.2) is 123 Å². The molecule has 0 radical (unpaired) electrons. The smallest absolute Gasteiger partial charge is 0.490 e. The topological polar surface area (TPSA) is 251 Å². The summed E-state index contributed by atoms with van der Waals surface area (Å²) in [4.78, 5) is 74.6. The van der Waals surface area contributed by atoms with Crippen LogP contribution in [0.5, 0.6) is 5.75 Å². The molecule has 1 aliphatic heterocycles. The zero-order valence-electron chi connectivity index (χ0n) is 39.9. The fourth-order valence-electron chi connectivity index (χ4n) is 7.47. The highest BCUT2D eigenvalue weighted by Gasteiger charge is 2.39. The van der Waals surface area contributed by atoms with E-state index in [0.717, 1.165) is 46.6 Å². The Morgan fingerprint density at radius 3 is 2.05 bits per heavy atom. The zero-order valence-corrected chi connectivity index (χ0v) is 39.9. The van der Waals surface area contributed by atoms with E-state index in [-0.39, 0.29) is 47.7 Å². The zero-order chi connectivity index (χ0) is 54.0. The highest BCUT2D eigenvalue weighted by molar-refractivity contribution is 5.92. The predicted octanol–water partition coefficient (Wildman–Crippen LogP) is 7.89. The van der Waals surface area contributed by atoms with E-state index in [4.69, 9.17) is 24.5 Å². The number of aryl methyl sites for hydroxylation is 2. The van der Waals surface area contributed by atoms with Crippen LogP contribution in [0.1, 0.15) is 60.5 Å². The van der Waals surface area contributed by atoms with Crippen molar-refractivity contribution in [2.75, 3.05) is 50.4 Å². The Morgan fingerprint density at radius 2 is 1.42 bits per heavy atom. The molecule has 0 aliphatic carbocycles. The average molecular weight is 1030 g/mol. The molecule has 1 aliphatic rings. The molecule has 2 heterocycles. The third kappa shape index (κ3) is 18.6. The SMILES string of the molecule is Cc1cc(NC(=O)CCCN(C)C(=O)CCN2CCC(OC(=O)Nc3ccccc3-c3ccccc3)CC2)c(C)cc1CNC[C@H](O)c1ccc(O)c2[nH]c(=O)ccc12.O=C(O)C(F)(F)F.O=C(O)C(F)(F)F. The van der Waals surface area contributed by atoms with E-state index in [1.54, 1.807) is 24.1 Å². The number of phenolic OH excluding ortho intramolecular Hbond substituents is 1. The molecule has 1 atom stereocenters. The first-order valence-corrected chi connectivity index (χ1v) is 22.7. The van der Waals surface area contributed by atoms with Crippen molar-refractivity contribution >= 4 is 52.1 Å². The molecule has 0 bridgehead atoms. The largest absolute Gasteiger partial charge is 0.506 e. The maximum atomic E-state index is 12.9. The second-order valence-electron chi connectivity index (χ2n) is 16.8. The summed E-state index contributed by atoms with van der Waals surface area (Å²) in [6, 6.07) is 27.5. The number of phenols is 1. The Balaban J connectivity index is 0.000000722. The number of anilines is 2. The minimum atomic E-state index is -5.08. The van der Waals surface area contributed by atoms with Crippen LogP contribution in [-0.2, 0) is 30.5 Å². The van der Waals surface area contributed by atoms with E-state index in [2.05, 4.69) is 25.8 Å². The van der Waals surface area contributed by atoms with Crippen molar-refractivity contribution in [2.45, 2.75) is 77.1 Å². The molecule has 1 fully saturated rings. The van der Waals surface area contributed by atoms with Crippen molar-refractivity contribution in [3.8, 4) is 16.9 Å². The van der Waals surface area contributed by atoms with Gasteiger partial charge in [0.05, 0.1) is 17.3 Å². The number of carbonyl (C=O) groups excluding carboxylic acids is 3. The summed E-state index contributed by atoms with van der Waals surface area (Å²) in [5.74, 6) is -5.67. The van der Waals surface area contributed by atoms with Crippen LogP contribution in [0.2, 0.25) is 0 Å². The number of alkyl halides is 6. The average Bonchev–Trinajstić information content (AvgIpc) is 3.33. The van der Waals surface area contributed by atoms with Crippen LogP contribution in [0.3, 0.4) is 0 Å². The van der Waals surface area contributed by atoms with Gasteiger partial charge in [-0.1, -0.05) is 60.7 Å². The van der Waals surface area contributed by atoms with Gasteiger partial charge in [0, 0.05) is 81.9 Å². The van der Waals surface area contributed by atoms with Gasteiger partial charge in [-0.15, -0.1) is 0 Å². The molecule has 6 rings (SSSR count). The standard InChI is InChI=1S/C46H54N6O7.2C2HF3O2/c1-30-27-39(31(2)26-33(30)28-47-29-41(54)36-15-17-40(53)45-37(36)16-18-43(56)50-45)48-42(55)14-9-22-51(3)44(57)21-25-52-23-19-34(20-24-52)59-46(58)49-38-13-8-7-12-35(38)32-10-5-4-6-11-32;2*3-2(4,5)1(6)7/h4-8,10-13,15-18,26-27,34,41,47,53-54H,9,14,19-25,28-29H2,1-3H3,(H,48,55)(H,49,58)(H,50,56);2*(H,6,7)/t41-;;/m0../s1. The van der Waals surface area contributed by atoms with Crippen molar-refractivity contribution in [1.29, 1.82) is 0 Å². The molecule has 73 heavy (non-hydrogen) atoms. The summed E-state index contributed by atoms with van der Waals surface area (Å²) >= 11 is 0. The Hall–Kier alpha value is -7.50. The number of nitrogens with one attached hydrogen (secondary N) is 4. The van der Waals surface area contributed by atoms with E-state index >= 15 is 0 Å². The van der Waals surface area contributed by atoms with Gasteiger partial charge in [0.15, 0.2) is 0 Å². The number of aromatic hydroxyl groups is 1. The molecule has 1 aromatic heterocycles. The van der Waals surface area contributed by atoms with Crippen LogP contribution >= 0.6 is 0 Å². The van der Waals surface area contributed by atoms with Gasteiger partial charge in [-0.25, -0.2) is 14.4 Å². The number of piperidine rings is 1. The van der Waals surface area contributed by atoms with Crippen molar-refractivity contribution < 1.29 is 75.5 Å². The molecule has 0 spiro atoms. The number of aliphatic hydroxyl groups is 1. The molecule has 17 nitrogen and oxygen atoms in total. The normalized spacial score (nSPS) is 13.3. The highest BCUT2D eigenvalue weighted by atomic mass is 19.4. The molecule has 0 unspecified atom stereocenters. The summed E-state index contributed by atoms with van der Waals surface area (Å²) < 4.78 is 69.2. The predicted molar refractivity (Wildman–Crippen MR) is 258 cm³/mol. The fourth-order valence-corrected chi connectivity index (χ4v) is 7.47. The first kappa shape index (κ1) is 58.1. The summed E-state index contributed by atoms with van der Waals surface area (Å²) in [5.41, 5.74) is 6.82. The number of benzene rings is 4. The number of halogens is 6. The van der Waals surface area contributed by atoms with Crippen LogP contribution in [0, 0.1) is 13.8 Å². The van der Waals surface area contributed by atoms with E-state index in [1.165, 1.54) is 12.1 Å².